The summed E-state index contributed by atoms with van der Waals surface area (Å²) in [6.07, 6.45) is 13.3. The molecule has 0 heterocycles. The molecule has 0 radical (unpaired) electrons. The Morgan fingerprint density at radius 1 is 0.842 bits per heavy atom. The standard InChI is InChI=1S/C17H35NO/c1-4-6-8-10-12-14-17(3,16(19)15-18)13-11-9-7-5-2/h4-15,18H2,1-3H3. The van der Waals surface area contributed by atoms with Crippen LogP contribution in [0.4, 0.5) is 0 Å². The molecule has 0 saturated heterocycles. The van der Waals surface area contributed by atoms with Crippen LogP contribution in [0.25, 0.3) is 0 Å². The third kappa shape index (κ3) is 8.41. The van der Waals surface area contributed by atoms with Crippen LogP contribution in [0.3, 0.4) is 0 Å². The molecular weight excluding hydrogens is 234 g/mol. The molecule has 2 nitrogen and oxygen atoms in total. The van der Waals surface area contributed by atoms with Gasteiger partial charge in [-0.3, -0.25) is 4.79 Å². The van der Waals surface area contributed by atoms with Crippen molar-refractivity contribution in [2.24, 2.45) is 11.1 Å². The van der Waals surface area contributed by atoms with Crippen LogP contribution >= 0.6 is 0 Å². The van der Waals surface area contributed by atoms with Crippen LogP contribution in [0, 0.1) is 5.41 Å². The van der Waals surface area contributed by atoms with Crippen molar-refractivity contribution in [3.63, 3.8) is 0 Å². The molecule has 0 aromatic carbocycles. The monoisotopic (exact) mass is 269 g/mol. The lowest BCUT2D eigenvalue weighted by atomic mass is 9.76. The molecule has 1 atom stereocenters. The Morgan fingerprint density at radius 2 is 1.26 bits per heavy atom. The van der Waals surface area contributed by atoms with E-state index in [1.54, 1.807) is 0 Å². The molecule has 0 spiro atoms. The second-order valence-electron chi connectivity index (χ2n) is 6.16. The molecule has 1 unspecified atom stereocenters. The van der Waals surface area contributed by atoms with Crippen molar-refractivity contribution < 1.29 is 4.79 Å². The number of hydrogen-bond donors (Lipinski definition) is 1. The molecule has 0 amide bonds. The highest BCUT2D eigenvalue weighted by Gasteiger charge is 2.30. The first-order chi connectivity index (χ1) is 9.10. The van der Waals surface area contributed by atoms with Gasteiger partial charge >= 0.3 is 0 Å². The van der Waals surface area contributed by atoms with Crippen molar-refractivity contribution in [2.75, 3.05) is 6.54 Å². The number of Topliss-reactive ketones (excluding diaryl/α,β-unsaturated/α-hetero) is 1. The number of nitrogens with two attached hydrogens (primary N) is 1. The molecule has 0 aromatic heterocycles. The molecule has 0 fully saturated rings. The van der Waals surface area contributed by atoms with E-state index in [2.05, 4.69) is 20.8 Å². The molecule has 0 aromatic rings. The first kappa shape index (κ1) is 18.6. The van der Waals surface area contributed by atoms with Gasteiger partial charge < -0.3 is 5.73 Å². The van der Waals surface area contributed by atoms with Crippen LogP contribution in [0.15, 0.2) is 0 Å². The maximum Gasteiger partial charge on any atom is 0.152 e. The van der Waals surface area contributed by atoms with Crippen molar-refractivity contribution in [2.45, 2.75) is 91.4 Å². The van der Waals surface area contributed by atoms with Crippen LogP contribution in [0.1, 0.15) is 91.4 Å². The minimum Gasteiger partial charge on any atom is -0.324 e. The molecule has 2 heteroatoms. The van der Waals surface area contributed by atoms with Crippen LogP contribution in [0.5, 0.6) is 0 Å². The summed E-state index contributed by atoms with van der Waals surface area (Å²) in [5.74, 6) is 0.263. The Kier molecular flexibility index (Phi) is 11.2. The van der Waals surface area contributed by atoms with Crippen LogP contribution in [0.2, 0.25) is 0 Å². The minimum absolute atomic E-state index is 0.158. The van der Waals surface area contributed by atoms with Gasteiger partial charge in [0.1, 0.15) is 0 Å². The fourth-order valence-electron chi connectivity index (χ4n) is 2.71. The summed E-state index contributed by atoms with van der Waals surface area (Å²) in [6.45, 7) is 6.79. The molecule has 0 rings (SSSR count). The van der Waals surface area contributed by atoms with E-state index in [4.69, 9.17) is 5.73 Å². The highest BCUT2D eigenvalue weighted by atomic mass is 16.1. The zero-order valence-electron chi connectivity index (χ0n) is 13.5. The third-order valence-corrected chi connectivity index (χ3v) is 4.27. The Hall–Kier alpha value is -0.370. The average Bonchev–Trinajstić information content (AvgIpc) is 2.42. The fraction of sp³-hybridized carbons (Fsp3) is 0.941. The first-order valence-electron chi connectivity index (χ1n) is 8.34. The zero-order chi connectivity index (χ0) is 14.6. The van der Waals surface area contributed by atoms with Crippen molar-refractivity contribution in [3.8, 4) is 0 Å². The van der Waals surface area contributed by atoms with Gasteiger partial charge in [-0.2, -0.15) is 0 Å². The predicted octanol–water partition coefficient (Wildman–Crippen LogP) is 4.85. The Balaban J connectivity index is 4.08. The van der Waals surface area contributed by atoms with Gasteiger partial charge in [0, 0.05) is 5.41 Å². The minimum atomic E-state index is -0.158. The second kappa shape index (κ2) is 11.5. The Bertz CT molecular complexity index is 227. The lowest BCUT2D eigenvalue weighted by Gasteiger charge is -2.28. The van der Waals surface area contributed by atoms with Crippen molar-refractivity contribution in [1.82, 2.24) is 0 Å². The van der Waals surface area contributed by atoms with Gasteiger partial charge in [-0.25, -0.2) is 0 Å². The van der Waals surface area contributed by atoms with Crippen LogP contribution in [-0.4, -0.2) is 12.3 Å². The van der Waals surface area contributed by atoms with Crippen molar-refractivity contribution in [1.29, 1.82) is 0 Å². The highest BCUT2D eigenvalue weighted by Crippen LogP contribution is 2.32. The molecule has 0 bridgehead atoms. The van der Waals surface area contributed by atoms with E-state index in [0.717, 1.165) is 12.8 Å². The van der Waals surface area contributed by atoms with Gasteiger partial charge in [0.05, 0.1) is 6.54 Å². The molecule has 0 aliphatic heterocycles. The number of carbonyl (C=O) groups is 1. The van der Waals surface area contributed by atoms with Gasteiger partial charge in [0.2, 0.25) is 0 Å². The Labute approximate surface area is 120 Å². The van der Waals surface area contributed by atoms with Gasteiger partial charge in [0.15, 0.2) is 5.78 Å². The molecule has 0 saturated carbocycles. The largest absolute Gasteiger partial charge is 0.324 e. The van der Waals surface area contributed by atoms with Gasteiger partial charge in [-0.1, -0.05) is 78.6 Å². The summed E-state index contributed by atoms with van der Waals surface area (Å²) in [7, 11) is 0. The summed E-state index contributed by atoms with van der Waals surface area (Å²) in [5, 5.41) is 0. The predicted molar refractivity (Wildman–Crippen MR) is 84.3 cm³/mol. The van der Waals surface area contributed by atoms with Gasteiger partial charge in [-0.15, -0.1) is 0 Å². The fourth-order valence-corrected chi connectivity index (χ4v) is 2.71. The van der Waals surface area contributed by atoms with E-state index in [1.165, 1.54) is 57.8 Å². The van der Waals surface area contributed by atoms with Gasteiger partial charge in [0.25, 0.3) is 0 Å². The lowest BCUT2D eigenvalue weighted by molar-refractivity contribution is -0.127. The molecule has 114 valence electrons. The van der Waals surface area contributed by atoms with Crippen molar-refractivity contribution in [3.05, 3.63) is 0 Å². The van der Waals surface area contributed by atoms with Crippen LogP contribution < -0.4 is 5.73 Å². The maximum absolute atomic E-state index is 12.1. The second-order valence-corrected chi connectivity index (χ2v) is 6.16. The first-order valence-corrected chi connectivity index (χ1v) is 8.34. The Morgan fingerprint density at radius 3 is 1.68 bits per heavy atom. The highest BCUT2D eigenvalue weighted by molar-refractivity contribution is 5.86. The van der Waals surface area contributed by atoms with E-state index in [9.17, 15) is 4.79 Å². The SMILES string of the molecule is CCCCCCCC(C)(CCCCCC)C(=O)CN. The number of carbonyl (C=O) groups excluding carboxylic acids is 1. The normalized spacial score (nSPS) is 14.3. The summed E-state index contributed by atoms with van der Waals surface area (Å²) >= 11 is 0. The average molecular weight is 269 g/mol. The van der Waals surface area contributed by atoms with Gasteiger partial charge in [-0.05, 0) is 12.8 Å². The van der Waals surface area contributed by atoms with Crippen molar-refractivity contribution >= 4 is 5.78 Å². The summed E-state index contributed by atoms with van der Waals surface area (Å²) in [6, 6.07) is 0. The number of hydrogen-bond acceptors (Lipinski definition) is 2. The number of ketones is 1. The molecule has 0 aliphatic carbocycles. The summed E-state index contributed by atoms with van der Waals surface area (Å²) in [5.41, 5.74) is 5.43. The number of rotatable bonds is 13. The summed E-state index contributed by atoms with van der Waals surface area (Å²) in [4.78, 5) is 12.1. The summed E-state index contributed by atoms with van der Waals surface area (Å²) < 4.78 is 0. The third-order valence-electron chi connectivity index (χ3n) is 4.27. The van der Waals surface area contributed by atoms with E-state index < -0.39 is 0 Å². The molecule has 19 heavy (non-hydrogen) atoms. The topological polar surface area (TPSA) is 43.1 Å². The molecule has 2 N–H and O–H groups in total. The number of unbranched alkanes of at least 4 members (excludes halogenated alkanes) is 7. The smallest absolute Gasteiger partial charge is 0.152 e. The van der Waals surface area contributed by atoms with Crippen LogP contribution in [-0.2, 0) is 4.79 Å². The van der Waals surface area contributed by atoms with E-state index in [0.29, 0.717) is 0 Å². The van der Waals surface area contributed by atoms with E-state index >= 15 is 0 Å². The maximum atomic E-state index is 12.1. The lowest BCUT2D eigenvalue weighted by Crippen LogP contribution is -2.33. The molecular formula is C17H35NO. The quantitative estimate of drug-likeness (QED) is 0.486. The molecule has 0 aliphatic rings. The zero-order valence-corrected chi connectivity index (χ0v) is 13.5. The van der Waals surface area contributed by atoms with E-state index in [1.807, 2.05) is 0 Å². The van der Waals surface area contributed by atoms with E-state index in [-0.39, 0.29) is 17.7 Å².